The zero-order valence-corrected chi connectivity index (χ0v) is 12.0. The molecule has 1 N–H and O–H groups in total. The van der Waals surface area contributed by atoms with Gasteiger partial charge in [0.05, 0.1) is 10.8 Å². The van der Waals surface area contributed by atoms with Crippen molar-refractivity contribution in [3.05, 3.63) is 28.4 Å². The first-order valence-corrected chi connectivity index (χ1v) is 6.97. The Kier molecular flexibility index (Phi) is 5.02. The van der Waals surface area contributed by atoms with Gasteiger partial charge in [-0.2, -0.15) is 13.2 Å². The summed E-state index contributed by atoms with van der Waals surface area (Å²) >= 11 is 0. The van der Waals surface area contributed by atoms with Gasteiger partial charge in [-0.1, -0.05) is 0 Å². The Bertz CT molecular complexity index is 594. The Morgan fingerprint density at radius 2 is 2.26 bits per heavy atom. The number of carbonyl (C=O) groups is 1. The molecule has 1 aromatic heterocycles. The highest BCUT2D eigenvalue weighted by Crippen LogP contribution is 2.29. The van der Waals surface area contributed by atoms with Crippen molar-refractivity contribution in [2.45, 2.75) is 19.0 Å². The van der Waals surface area contributed by atoms with Crippen LogP contribution in [-0.4, -0.2) is 41.6 Å². The maximum Gasteiger partial charge on any atom is 0.405 e. The topological polar surface area (TPSA) is 88.4 Å². The van der Waals surface area contributed by atoms with Gasteiger partial charge in [-0.15, -0.1) is 0 Å². The maximum absolute atomic E-state index is 12.2. The van der Waals surface area contributed by atoms with Crippen LogP contribution in [0, 0.1) is 16.0 Å². The SMILES string of the molecule is O=C(NCC(F)(F)F)C1CCCN(c2ncccc2[N+](=O)[O-])C1. The van der Waals surface area contributed by atoms with Gasteiger partial charge in [0, 0.05) is 25.4 Å². The molecular formula is C13H15F3N4O3. The third-order valence-corrected chi connectivity index (χ3v) is 3.52. The Morgan fingerprint density at radius 3 is 2.91 bits per heavy atom. The van der Waals surface area contributed by atoms with Crippen molar-refractivity contribution in [3.8, 4) is 0 Å². The molecule has 23 heavy (non-hydrogen) atoms. The average Bonchev–Trinajstić information content (AvgIpc) is 2.52. The van der Waals surface area contributed by atoms with Crippen molar-refractivity contribution >= 4 is 17.4 Å². The number of aromatic nitrogens is 1. The standard InChI is InChI=1S/C13H15F3N4O3/c14-13(15,16)8-18-12(21)9-3-2-6-19(7-9)11-10(20(22)23)4-1-5-17-11/h1,4-5,9H,2-3,6-8H2,(H,18,21). The Balaban J connectivity index is 2.07. The summed E-state index contributed by atoms with van der Waals surface area (Å²) in [5.41, 5.74) is -0.191. The molecule has 126 valence electrons. The number of pyridine rings is 1. The van der Waals surface area contributed by atoms with Gasteiger partial charge >= 0.3 is 11.9 Å². The molecule has 0 aliphatic carbocycles. The van der Waals surface area contributed by atoms with Crippen molar-refractivity contribution in [2.75, 3.05) is 24.5 Å². The second-order valence-corrected chi connectivity index (χ2v) is 5.22. The van der Waals surface area contributed by atoms with Crippen LogP contribution in [-0.2, 0) is 4.79 Å². The largest absolute Gasteiger partial charge is 0.405 e. The van der Waals surface area contributed by atoms with E-state index in [1.165, 1.54) is 18.3 Å². The molecule has 2 heterocycles. The van der Waals surface area contributed by atoms with Gasteiger partial charge in [-0.05, 0) is 18.9 Å². The summed E-state index contributed by atoms with van der Waals surface area (Å²) in [7, 11) is 0. The molecule has 1 saturated heterocycles. The number of hydrogen-bond acceptors (Lipinski definition) is 5. The third-order valence-electron chi connectivity index (χ3n) is 3.52. The molecule has 1 unspecified atom stereocenters. The first-order chi connectivity index (χ1) is 10.8. The Hall–Kier alpha value is -2.39. The highest BCUT2D eigenvalue weighted by Gasteiger charge is 2.33. The molecule has 1 fully saturated rings. The molecule has 1 aliphatic heterocycles. The second kappa shape index (κ2) is 6.80. The van der Waals surface area contributed by atoms with Crippen molar-refractivity contribution in [1.29, 1.82) is 0 Å². The van der Waals surface area contributed by atoms with E-state index in [0.717, 1.165) is 0 Å². The molecule has 0 spiro atoms. The lowest BCUT2D eigenvalue weighted by atomic mass is 9.97. The van der Waals surface area contributed by atoms with Crippen molar-refractivity contribution in [1.82, 2.24) is 10.3 Å². The highest BCUT2D eigenvalue weighted by atomic mass is 19.4. The van der Waals surface area contributed by atoms with Gasteiger partial charge in [0.15, 0.2) is 0 Å². The van der Waals surface area contributed by atoms with E-state index in [2.05, 4.69) is 4.98 Å². The molecular weight excluding hydrogens is 317 g/mol. The van der Waals surface area contributed by atoms with Crippen LogP contribution in [0.25, 0.3) is 0 Å². The minimum atomic E-state index is -4.47. The van der Waals surface area contributed by atoms with Crippen molar-refractivity contribution < 1.29 is 22.9 Å². The van der Waals surface area contributed by atoms with E-state index in [-0.39, 0.29) is 18.1 Å². The number of carbonyl (C=O) groups excluding carboxylic acids is 1. The highest BCUT2D eigenvalue weighted by molar-refractivity contribution is 5.79. The molecule has 0 radical (unpaired) electrons. The monoisotopic (exact) mass is 332 g/mol. The Labute approximate surface area is 129 Å². The first-order valence-electron chi connectivity index (χ1n) is 6.97. The minimum Gasteiger partial charge on any atom is -0.350 e. The van der Waals surface area contributed by atoms with Gasteiger partial charge < -0.3 is 10.2 Å². The fourth-order valence-corrected chi connectivity index (χ4v) is 2.49. The number of alkyl halides is 3. The van der Waals surface area contributed by atoms with Crippen LogP contribution < -0.4 is 10.2 Å². The van der Waals surface area contributed by atoms with E-state index >= 15 is 0 Å². The van der Waals surface area contributed by atoms with Crippen LogP contribution in [0.2, 0.25) is 0 Å². The molecule has 0 bridgehead atoms. The van der Waals surface area contributed by atoms with E-state index in [1.54, 1.807) is 4.90 Å². The van der Waals surface area contributed by atoms with Gasteiger partial charge in [0.2, 0.25) is 11.7 Å². The predicted molar refractivity (Wildman–Crippen MR) is 74.9 cm³/mol. The first kappa shape index (κ1) is 17.0. The number of piperidine rings is 1. The fraction of sp³-hybridized carbons (Fsp3) is 0.538. The number of rotatable bonds is 4. The fourth-order valence-electron chi connectivity index (χ4n) is 2.49. The Morgan fingerprint density at radius 1 is 1.52 bits per heavy atom. The van der Waals surface area contributed by atoms with Gasteiger partial charge in [0.25, 0.3) is 0 Å². The summed E-state index contributed by atoms with van der Waals surface area (Å²) in [5, 5.41) is 12.9. The van der Waals surface area contributed by atoms with Crippen LogP contribution in [0.5, 0.6) is 0 Å². The van der Waals surface area contributed by atoms with Crippen molar-refractivity contribution in [2.24, 2.45) is 5.92 Å². The summed E-state index contributed by atoms with van der Waals surface area (Å²) in [4.78, 5) is 27.8. The summed E-state index contributed by atoms with van der Waals surface area (Å²) in [6.07, 6.45) is -2.10. The summed E-state index contributed by atoms with van der Waals surface area (Å²) in [5.74, 6) is -1.23. The normalized spacial score (nSPS) is 18.6. The number of nitrogens with one attached hydrogen (secondary N) is 1. The van der Waals surface area contributed by atoms with E-state index in [9.17, 15) is 28.1 Å². The van der Waals surface area contributed by atoms with Crippen LogP contribution in [0.4, 0.5) is 24.7 Å². The predicted octanol–water partition coefficient (Wildman–Crippen LogP) is 1.88. The van der Waals surface area contributed by atoms with Gasteiger partial charge in [-0.25, -0.2) is 4.98 Å². The van der Waals surface area contributed by atoms with Crippen LogP contribution >= 0.6 is 0 Å². The van der Waals surface area contributed by atoms with Gasteiger partial charge in [-0.3, -0.25) is 14.9 Å². The lowest BCUT2D eigenvalue weighted by molar-refractivity contribution is -0.384. The van der Waals surface area contributed by atoms with E-state index in [1.807, 2.05) is 5.32 Å². The summed E-state index contributed by atoms with van der Waals surface area (Å²) in [6, 6.07) is 2.73. The van der Waals surface area contributed by atoms with Crippen LogP contribution in [0.3, 0.4) is 0 Å². The molecule has 1 amide bonds. The van der Waals surface area contributed by atoms with Gasteiger partial charge in [0.1, 0.15) is 6.54 Å². The molecule has 10 heteroatoms. The number of amides is 1. The summed E-state index contributed by atoms with van der Waals surface area (Å²) < 4.78 is 36.5. The molecule has 0 saturated carbocycles. The lowest BCUT2D eigenvalue weighted by Crippen LogP contribution is -2.45. The average molecular weight is 332 g/mol. The minimum absolute atomic E-state index is 0.0988. The summed E-state index contributed by atoms with van der Waals surface area (Å²) in [6.45, 7) is -0.825. The lowest BCUT2D eigenvalue weighted by Gasteiger charge is -2.32. The van der Waals surface area contributed by atoms with Crippen LogP contribution in [0.15, 0.2) is 18.3 Å². The number of anilines is 1. The maximum atomic E-state index is 12.2. The molecule has 0 aromatic carbocycles. The van der Waals surface area contributed by atoms with E-state index in [4.69, 9.17) is 0 Å². The smallest absolute Gasteiger partial charge is 0.350 e. The quantitative estimate of drug-likeness (QED) is 0.672. The van der Waals surface area contributed by atoms with E-state index < -0.39 is 29.5 Å². The van der Waals surface area contributed by atoms with Crippen LogP contribution in [0.1, 0.15) is 12.8 Å². The number of halogens is 3. The molecule has 7 nitrogen and oxygen atoms in total. The zero-order chi connectivity index (χ0) is 17.0. The number of nitrogens with zero attached hydrogens (tertiary/aromatic N) is 3. The second-order valence-electron chi connectivity index (χ2n) is 5.22. The molecule has 1 atom stereocenters. The number of hydrogen-bond donors (Lipinski definition) is 1. The molecule has 2 rings (SSSR count). The number of nitro groups is 1. The van der Waals surface area contributed by atoms with Crippen molar-refractivity contribution in [3.63, 3.8) is 0 Å². The zero-order valence-electron chi connectivity index (χ0n) is 12.0. The third kappa shape index (κ3) is 4.54. The van der Waals surface area contributed by atoms with E-state index in [0.29, 0.717) is 19.4 Å². The molecule has 1 aromatic rings. The molecule has 1 aliphatic rings.